The summed E-state index contributed by atoms with van der Waals surface area (Å²) in [4.78, 5) is 13.7. The number of hydrogen-bond acceptors (Lipinski definition) is 3. The van der Waals surface area contributed by atoms with E-state index in [-0.39, 0.29) is 12.5 Å². The highest BCUT2D eigenvalue weighted by molar-refractivity contribution is 6.30. The maximum absolute atomic E-state index is 11.4. The van der Waals surface area contributed by atoms with E-state index in [1.165, 1.54) is 0 Å². The van der Waals surface area contributed by atoms with Crippen molar-refractivity contribution in [1.82, 2.24) is 4.90 Å². The van der Waals surface area contributed by atoms with Crippen LogP contribution in [0, 0.1) is 11.8 Å². The van der Waals surface area contributed by atoms with Crippen LogP contribution >= 0.6 is 11.6 Å². The average Bonchev–Trinajstić information content (AvgIpc) is 2.89. The highest BCUT2D eigenvalue weighted by atomic mass is 35.5. The summed E-state index contributed by atoms with van der Waals surface area (Å²) >= 11 is 5.81. The zero-order chi connectivity index (χ0) is 14.5. The van der Waals surface area contributed by atoms with E-state index in [4.69, 9.17) is 16.3 Å². The van der Waals surface area contributed by atoms with E-state index in [0.717, 1.165) is 26.1 Å². The fourth-order valence-electron chi connectivity index (χ4n) is 2.60. The fourth-order valence-corrected chi connectivity index (χ4v) is 2.73. The lowest BCUT2D eigenvalue weighted by Crippen LogP contribution is -2.31. The summed E-state index contributed by atoms with van der Waals surface area (Å²) in [6, 6.07) is 6.99. The average molecular weight is 298 g/mol. The predicted octanol–water partition coefficient (Wildman–Crippen LogP) is 2.76. The second kappa shape index (κ2) is 6.95. The van der Waals surface area contributed by atoms with Crippen molar-refractivity contribution in [3.63, 3.8) is 0 Å². The molecule has 4 nitrogen and oxygen atoms in total. The largest absolute Gasteiger partial charge is 0.493 e. The first-order valence-electron chi connectivity index (χ1n) is 6.93. The van der Waals surface area contributed by atoms with Crippen LogP contribution in [0.3, 0.4) is 0 Å². The van der Waals surface area contributed by atoms with Crippen LogP contribution in [-0.2, 0) is 4.79 Å². The number of likely N-dealkylation sites (tertiary alicyclic amines) is 1. The van der Waals surface area contributed by atoms with Crippen molar-refractivity contribution >= 4 is 17.6 Å². The number of carboxylic acid groups (broad SMARTS) is 1. The summed E-state index contributed by atoms with van der Waals surface area (Å²) in [6.07, 6.45) is 0.925. The molecule has 1 aromatic carbocycles. The normalized spacial score (nSPS) is 20.8. The molecule has 1 N–H and O–H groups in total. The van der Waals surface area contributed by atoms with Crippen LogP contribution in [-0.4, -0.2) is 42.2 Å². The van der Waals surface area contributed by atoms with Gasteiger partial charge in [0.05, 0.1) is 5.92 Å². The SMILES string of the molecule is CCN1CCC(C(COc2ccc(Cl)cc2)C(=O)O)C1. The van der Waals surface area contributed by atoms with E-state index in [2.05, 4.69) is 11.8 Å². The van der Waals surface area contributed by atoms with E-state index in [9.17, 15) is 9.90 Å². The number of aliphatic carboxylic acids is 1. The van der Waals surface area contributed by atoms with E-state index in [1.807, 2.05) is 0 Å². The standard InChI is InChI=1S/C15H20ClNO3/c1-2-17-8-7-11(9-17)14(15(18)19)10-20-13-5-3-12(16)4-6-13/h3-6,11,14H,2,7-10H2,1H3,(H,18,19). The van der Waals surface area contributed by atoms with Crippen LogP contribution in [0.5, 0.6) is 5.75 Å². The molecule has 2 atom stereocenters. The monoisotopic (exact) mass is 297 g/mol. The summed E-state index contributed by atoms with van der Waals surface area (Å²) in [5, 5.41) is 10.0. The van der Waals surface area contributed by atoms with Gasteiger partial charge in [-0.3, -0.25) is 4.79 Å². The Bertz CT molecular complexity index is 449. The molecule has 2 unspecified atom stereocenters. The summed E-state index contributed by atoms with van der Waals surface area (Å²) in [5.41, 5.74) is 0. The minimum atomic E-state index is -0.776. The van der Waals surface area contributed by atoms with Gasteiger partial charge in [-0.15, -0.1) is 0 Å². The second-order valence-electron chi connectivity index (χ2n) is 5.15. The van der Waals surface area contributed by atoms with Crippen LogP contribution in [0.4, 0.5) is 0 Å². The molecule has 1 aromatic rings. The van der Waals surface area contributed by atoms with Crippen molar-refractivity contribution in [3.8, 4) is 5.75 Å². The van der Waals surface area contributed by atoms with Crippen molar-refractivity contribution in [2.45, 2.75) is 13.3 Å². The third-order valence-corrected chi connectivity index (χ3v) is 4.14. The quantitative estimate of drug-likeness (QED) is 0.877. The van der Waals surface area contributed by atoms with Crippen LogP contribution in [0.1, 0.15) is 13.3 Å². The van der Waals surface area contributed by atoms with E-state index >= 15 is 0 Å². The van der Waals surface area contributed by atoms with Crippen molar-refractivity contribution in [1.29, 1.82) is 0 Å². The number of benzene rings is 1. The molecule has 0 aromatic heterocycles. The molecule has 1 aliphatic rings. The van der Waals surface area contributed by atoms with Crippen LogP contribution in [0.15, 0.2) is 24.3 Å². The summed E-state index contributed by atoms with van der Waals surface area (Å²) < 4.78 is 5.61. The lowest BCUT2D eigenvalue weighted by atomic mass is 9.92. The first-order valence-corrected chi connectivity index (χ1v) is 7.31. The topological polar surface area (TPSA) is 49.8 Å². The number of rotatable bonds is 6. The summed E-state index contributed by atoms with van der Waals surface area (Å²) in [7, 11) is 0. The molecule has 0 aliphatic carbocycles. The van der Waals surface area contributed by atoms with Crippen molar-refractivity contribution in [2.24, 2.45) is 11.8 Å². The number of carboxylic acids is 1. The van der Waals surface area contributed by atoms with Gasteiger partial charge in [-0.25, -0.2) is 0 Å². The molecule has 0 amide bonds. The Morgan fingerprint density at radius 3 is 2.75 bits per heavy atom. The van der Waals surface area contributed by atoms with Gasteiger partial charge in [0.15, 0.2) is 0 Å². The van der Waals surface area contributed by atoms with Gasteiger partial charge in [-0.2, -0.15) is 0 Å². The molecule has 0 spiro atoms. The smallest absolute Gasteiger partial charge is 0.310 e. The van der Waals surface area contributed by atoms with Crippen LogP contribution in [0.25, 0.3) is 0 Å². The van der Waals surface area contributed by atoms with Gasteiger partial charge in [0, 0.05) is 11.6 Å². The molecule has 1 saturated heterocycles. The Morgan fingerprint density at radius 2 is 2.20 bits per heavy atom. The van der Waals surface area contributed by atoms with Gasteiger partial charge < -0.3 is 14.7 Å². The predicted molar refractivity (Wildman–Crippen MR) is 78.3 cm³/mol. The molecule has 0 saturated carbocycles. The third kappa shape index (κ3) is 3.87. The minimum Gasteiger partial charge on any atom is -0.493 e. The highest BCUT2D eigenvalue weighted by Crippen LogP contribution is 2.25. The molecule has 110 valence electrons. The van der Waals surface area contributed by atoms with Crippen molar-refractivity contribution < 1.29 is 14.6 Å². The lowest BCUT2D eigenvalue weighted by molar-refractivity contribution is -0.144. The minimum absolute atomic E-state index is 0.166. The molecular weight excluding hydrogens is 278 g/mol. The van der Waals surface area contributed by atoms with Gasteiger partial charge in [0.2, 0.25) is 0 Å². The molecular formula is C15H20ClNO3. The molecule has 20 heavy (non-hydrogen) atoms. The third-order valence-electron chi connectivity index (χ3n) is 3.89. The Balaban J connectivity index is 1.93. The zero-order valence-electron chi connectivity index (χ0n) is 11.6. The summed E-state index contributed by atoms with van der Waals surface area (Å²) in [5.74, 6) is -0.408. The maximum atomic E-state index is 11.4. The van der Waals surface area contributed by atoms with Gasteiger partial charge in [-0.05, 0) is 49.7 Å². The molecule has 1 heterocycles. The Hall–Kier alpha value is -1.26. The van der Waals surface area contributed by atoms with Gasteiger partial charge >= 0.3 is 5.97 Å². The summed E-state index contributed by atoms with van der Waals surface area (Å²) in [6.45, 7) is 5.10. The Labute approximate surface area is 124 Å². The molecule has 2 rings (SSSR count). The molecule has 5 heteroatoms. The van der Waals surface area contributed by atoms with Gasteiger partial charge in [0.25, 0.3) is 0 Å². The van der Waals surface area contributed by atoms with Crippen molar-refractivity contribution in [2.75, 3.05) is 26.2 Å². The fraction of sp³-hybridized carbons (Fsp3) is 0.533. The first kappa shape index (κ1) is 15.1. The number of ether oxygens (including phenoxy) is 1. The lowest BCUT2D eigenvalue weighted by Gasteiger charge is -2.20. The van der Waals surface area contributed by atoms with E-state index < -0.39 is 11.9 Å². The van der Waals surface area contributed by atoms with Gasteiger partial charge in [0.1, 0.15) is 12.4 Å². The molecule has 0 radical (unpaired) electrons. The highest BCUT2D eigenvalue weighted by Gasteiger charge is 2.33. The van der Waals surface area contributed by atoms with E-state index in [0.29, 0.717) is 10.8 Å². The number of carbonyl (C=O) groups is 1. The number of nitrogens with zero attached hydrogens (tertiary/aromatic N) is 1. The van der Waals surface area contributed by atoms with Gasteiger partial charge in [-0.1, -0.05) is 18.5 Å². The van der Waals surface area contributed by atoms with Crippen molar-refractivity contribution in [3.05, 3.63) is 29.3 Å². The second-order valence-corrected chi connectivity index (χ2v) is 5.59. The van der Waals surface area contributed by atoms with Crippen LogP contribution in [0.2, 0.25) is 5.02 Å². The number of hydrogen-bond donors (Lipinski definition) is 1. The first-order chi connectivity index (χ1) is 9.60. The number of halogens is 1. The molecule has 0 bridgehead atoms. The Kier molecular flexibility index (Phi) is 5.26. The molecule has 1 aliphatic heterocycles. The Morgan fingerprint density at radius 1 is 1.50 bits per heavy atom. The van der Waals surface area contributed by atoms with Crippen LogP contribution < -0.4 is 4.74 Å². The van der Waals surface area contributed by atoms with E-state index in [1.54, 1.807) is 24.3 Å². The maximum Gasteiger partial charge on any atom is 0.310 e. The molecule has 1 fully saturated rings. The zero-order valence-corrected chi connectivity index (χ0v) is 12.3.